The van der Waals surface area contributed by atoms with Gasteiger partial charge >= 0.3 is 0 Å². The van der Waals surface area contributed by atoms with Crippen LogP contribution in [0.3, 0.4) is 0 Å². The van der Waals surface area contributed by atoms with Gasteiger partial charge in [-0.25, -0.2) is 0 Å². The second-order valence-electron chi connectivity index (χ2n) is 7.37. The minimum absolute atomic E-state index is 0.242. The van der Waals surface area contributed by atoms with E-state index in [1.54, 1.807) is 7.11 Å². The van der Waals surface area contributed by atoms with Crippen molar-refractivity contribution >= 4 is 28.8 Å². The smallest absolute Gasteiger partial charge is 0.108 e. The summed E-state index contributed by atoms with van der Waals surface area (Å²) in [5.74, 6) is 0. The molecule has 0 spiro atoms. The SMILES string of the molecule is CCc1cc2c(s1)Sc1ccccc1NC2N1CCN(C)[C@@H](CCOC)C1. The van der Waals surface area contributed by atoms with Crippen molar-refractivity contribution in [3.05, 3.63) is 40.8 Å². The van der Waals surface area contributed by atoms with E-state index in [4.69, 9.17) is 4.74 Å². The number of aryl methyl sites for hydroxylation is 1. The summed E-state index contributed by atoms with van der Waals surface area (Å²) in [6.07, 6.45) is 2.43. The van der Waals surface area contributed by atoms with Gasteiger partial charge in [0.25, 0.3) is 0 Å². The first-order valence-corrected chi connectivity index (χ1v) is 11.4. The summed E-state index contributed by atoms with van der Waals surface area (Å²) < 4.78 is 6.80. The molecule has 6 heteroatoms. The number of benzene rings is 1. The van der Waals surface area contributed by atoms with Gasteiger partial charge in [-0.2, -0.15) is 0 Å². The maximum Gasteiger partial charge on any atom is 0.108 e. The Labute approximate surface area is 170 Å². The van der Waals surface area contributed by atoms with Crippen molar-refractivity contribution in [3.63, 3.8) is 0 Å². The Morgan fingerprint density at radius 2 is 2.11 bits per heavy atom. The van der Waals surface area contributed by atoms with Gasteiger partial charge in [0, 0.05) is 60.4 Å². The Morgan fingerprint density at radius 1 is 1.26 bits per heavy atom. The van der Waals surface area contributed by atoms with Crippen LogP contribution in [0.5, 0.6) is 0 Å². The summed E-state index contributed by atoms with van der Waals surface area (Å²) in [6, 6.07) is 11.7. The average molecular weight is 404 g/mol. The molecule has 2 aliphatic rings. The van der Waals surface area contributed by atoms with Gasteiger partial charge in [-0.1, -0.05) is 30.8 Å². The van der Waals surface area contributed by atoms with Crippen molar-refractivity contribution in [3.8, 4) is 0 Å². The molecule has 4 rings (SSSR count). The second kappa shape index (κ2) is 8.53. The molecule has 1 aromatic carbocycles. The molecule has 2 atom stereocenters. The highest BCUT2D eigenvalue weighted by molar-refractivity contribution is 8.01. The Morgan fingerprint density at radius 3 is 2.93 bits per heavy atom. The number of nitrogens with one attached hydrogen (secondary N) is 1. The lowest BCUT2D eigenvalue weighted by Crippen LogP contribution is -2.53. The van der Waals surface area contributed by atoms with Crippen LogP contribution < -0.4 is 5.32 Å². The van der Waals surface area contributed by atoms with E-state index in [1.807, 2.05) is 23.1 Å². The van der Waals surface area contributed by atoms with Gasteiger partial charge in [0.05, 0.1) is 4.21 Å². The number of methoxy groups -OCH3 is 1. The largest absolute Gasteiger partial charge is 0.385 e. The third-order valence-corrected chi connectivity index (χ3v) is 8.22. The fourth-order valence-corrected chi connectivity index (χ4v) is 6.43. The summed E-state index contributed by atoms with van der Waals surface area (Å²) in [5, 5.41) is 3.88. The van der Waals surface area contributed by atoms with E-state index in [1.165, 1.54) is 25.2 Å². The number of hydrogen-bond donors (Lipinski definition) is 1. The van der Waals surface area contributed by atoms with Crippen LogP contribution >= 0.6 is 23.1 Å². The maximum atomic E-state index is 5.35. The Hall–Kier alpha value is -1.05. The lowest BCUT2D eigenvalue weighted by Gasteiger charge is -2.43. The molecule has 1 unspecified atom stereocenters. The molecule has 1 fully saturated rings. The van der Waals surface area contributed by atoms with Crippen LogP contribution in [-0.4, -0.2) is 56.2 Å². The molecule has 27 heavy (non-hydrogen) atoms. The van der Waals surface area contributed by atoms with E-state index in [0.29, 0.717) is 6.04 Å². The molecule has 1 N–H and O–H groups in total. The van der Waals surface area contributed by atoms with Crippen LogP contribution in [0.25, 0.3) is 0 Å². The van der Waals surface area contributed by atoms with E-state index in [2.05, 4.69) is 59.4 Å². The molecule has 0 amide bonds. The van der Waals surface area contributed by atoms with Gasteiger partial charge in [-0.3, -0.25) is 4.90 Å². The van der Waals surface area contributed by atoms with Gasteiger partial charge in [-0.05, 0) is 38.1 Å². The molecule has 146 valence electrons. The molecule has 2 aliphatic heterocycles. The van der Waals surface area contributed by atoms with Crippen LogP contribution in [0.15, 0.2) is 39.4 Å². The Bertz CT molecular complexity index is 779. The molecule has 1 saturated heterocycles. The Balaban J connectivity index is 1.65. The predicted molar refractivity (Wildman–Crippen MR) is 115 cm³/mol. The van der Waals surface area contributed by atoms with Gasteiger partial charge < -0.3 is 15.0 Å². The number of rotatable bonds is 5. The number of anilines is 1. The first kappa shape index (κ1) is 19.3. The second-order valence-corrected chi connectivity index (χ2v) is 9.81. The highest BCUT2D eigenvalue weighted by Gasteiger charge is 2.33. The van der Waals surface area contributed by atoms with Crippen molar-refractivity contribution in [1.82, 2.24) is 9.80 Å². The molecule has 1 aromatic heterocycles. The summed E-state index contributed by atoms with van der Waals surface area (Å²) in [6.45, 7) is 6.33. The van der Waals surface area contributed by atoms with Crippen LogP contribution in [-0.2, 0) is 11.2 Å². The van der Waals surface area contributed by atoms with E-state index in [0.717, 1.165) is 39.1 Å². The standard InChI is InChI=1S/C21H29N3OS2/c1-4-16-13-17-20(24-11-10-23(2)15(14-24)9-12-25-3)22-18-7-5-6-8-19(18)27-21(17)26-16/h5-8,13,15,20,22H,4,9-12,14H2,1-3H3/t15-,20?/m0/s1. The van der Waals surface area contributed by atoms with Crippen LogP contribution in [0.1, 0.15) is 30.0 Å². The van der Waals surface area contributed by atoms with Crippen LogP contribution in [0.4, 0.5) is 5.69 Å². The molecule has 2 aromatic rings. The topological polar surface area (TPSA) is 27.7 Å². The summed E-state index contributed by atoms with van der Waals surface area (Å²) in [4.78, 5) is 7.93. The number of hydrogen-bond acceptors (Lipinski definition) is 6. The molecule has 4 nitrogen and oxygen atoms in total. The van der Waals surface area contributed by atoms with Gasteiger partial charge in [0.15, 0.2) is 0 Å². The third kappa shape index (κ3) is 4.05. The monoisotopic (exact) mass is 403 g/mol. The fourth-order valence-electron chi connectivity index (χ4n) is 3.94. The normalized spacial score (nSPS) is 23.4. The highest BCUT2D eigenvalue weighted by atomic mass is 32.2. The maximum absolute atomic E-state index is 5.35. The third-order valence-electron chi connectivity index (χ3n) is 5.63. The van der Waals surface area contributed by atoms with Crippen LogP contribution in [0.2, 0.25) is 0 Å². The van der Waals surface area contributed by atoms with E-state index in [9.17, 15) is 0 Å². The minimum Gasteiger partial charge on any atom is -0.385 e. The summed E-state index contributed by atoms with van der Waals surface area (Å²) >= 11 is 3.88. The van der Waals surface area contributed by atoms with E-state index >= 15 is 0 Å². The quantitative estimate of drug-likeness (QED) is 0.791. The highest BCUT2D eigenvalue weighted by Crippen LogP contribution is 2.47. The number of likely N-dealkylation sites (N-methyl/N-ethyl adjacent to an activating group) is 1. The molecular formula is C21H29N3OS2. The van der Waals surface area contributed by atoms with Gasteiger partial charge in [0.2, 0.25) is 0 Å². The van der Waals surface area contributed by atoms with E-state index in [-0.39, 0.29) is 6.17 Å². The van der Waals surface area contributed by atoms with Gasteiger partial charge in [0.1, 0.15) is 6.17 Å². The molecule has 0 saturated carbocycles. The zero-order valence-electron chi connectivity index (χ0n) is 16.4. The molecule has 0 bridgehead atoms. The van der Waals surface area contributed by atoms with E-state index < -0.39 is 0 Å². The first-order valence-electron chi connectivity index (χ1n) is 9.78. The number of piperazine rings is 1. The fraction of sp³-hybridized carbons (Fsp3) is 0.524. The summed E-state index contributed by atoms with van der Waals surface area (Å²) in [7, 11) is 4.04. The van der Waals surface area contributed by atoms with Crippen molar-refractivity contribution in [2.75, 3.05) is 45.7 Å². The molecular weight excluding hydrogens is 374 g/mol. The molecule has 0 aliphatic carbocycles. The predicted octanol–water partition coefficient (Wildman–Crippen LogP) is 4.54. The first-order chi connectivity index (χ1) is 13.2. The number of thiophene rings is 1. The number of nitrogens with zero attached hydrogens (tertiary/aromatic N) is 2. The lowest BCUT2D eigenvalue weighted by molar-refractivity contribution is 0.0522. The number of fused-ring (bicyclic) bond motifs is 2. The van der Waals surface area contributed by atoms with Gasteiger partial charge in [-0.15, -0.1) is 11.3 Å². The molecule has 0 radical (unpaired) electrons. The number of para-hydroxylation sites is 1. The zero-order chi connectivity index (χ0) is 18.8. The van der Waals surface area contributed by atoms with Crippen LogP contribution in [0, 0.1) is 0 Å². The number of ether oxygens (including phenoxy) is 1. The van der Waals surface area contributed by atoms with Crippen molar-refractivity contribution in [2.24, 2.45) is 0 Å². The summed E-state index contributed by atoms with van der Waals surface area (Å²) in [5.41, 5.74) is 2.70. The van der Waals surface area contributed by atoms with Crippen molar-refractivity contribution < 1.29 is 4.74 Å². The van der Waals surface area contributed by atoms with Crippen molar-refractivity contribution in [1.29, 1.82) is 0 Å². The average Bonchev–Trinajstić information content (AvgIpc) is 3.02. The Kier molecular flexibility index (Phi) is 6.09. The van der Waals surface area contributed by atoms with Crippen molar-refractivity contribution in [2.45, 2.75) is 41.1 Å². The zero-order valence-corrected chi connectivity index (χ0v) is 18.0. The lowest BCUT2D eigenvalue weighted by atomic mass is 10.1. The minimum atomic E-state index is 0.242. The molecule has 3 heterocycles.